The summed E-state index contributed by atoms with van der Waals surface area (Å²) in [6.45, 7) is 18.8. The number of phenols is 1. The molecule has 2 aliphatic heterocycles. The first kappa shape index (κ1) is 51.4. The van der Waals surface area contributed by atoms with Gasteiger partial charge >= 0.3 is 11.8 Å². The molecule has 16 heteroatoms. The second kappa shape index (κ2) is 21.1. The summed E-state index contributed by atoms with van der Waals surface area (Å²) < 4.78 is 43.3. The van der Waals surface area contributed by atoms with Crippen LogP contribution in [-0.4, -0.2) is 103 Å². The molecule has 2 aliphatic rings. The van der Waals surface area contributed by atoms with E-state index in [0.29, 0.717) is 31.3 Å². The van der Waals surface area contributed by atoms with Gasteiger partial charge in [0, 0.05) is 68.0 Å². The van der Waals surface area contributed by atoms with Crippen molar-refractivity contribution < 1.29 is 57.4 Å². The Hall–Kier alpha value is -5.97. The van der Waals surface area contributed by atoms with E-state index < -0.39 is 58.9 Å². The molecular formula is C52H67N3O13. The van der Waals surface area contributed by atoms with Crippen molar-refractivity contribution in [3.05, 3.63) is 69.6 Å². The number of aromatic nitrogens is 1. The molecule has 68 heavy (non-hydrogen) atoms. The van der Waals surface area contributed by atoms with Crippen LogP contribution in [0.2, 0.25) is 0 Å². The Morgan fingerprint density at radius 2 is 1.68 bits per heavy atom. The van der Waals surface area contributed by atoms with E-state index in [1.165, 1.54) is 34.1 Å². The maximum atomic E-state index is 14.9. The molecule has 4 aromatic rings. The zero-order chi connectivity index (χ0) is 49.9. The fraction of sp³-hybridized carbons (Fsp3) is 0.519. The van der Waals surface area contributed by atoms with Crippen LogP contribution in [0.5, 0.6) is 23.0 Å². The molecule has 0 saturated carbocycles. The lowest BCUT2D eigenvalue weighted by Gasteiger charge is -2.39. The number of carbonyl (C=O) groups is 3. The highest BCUT2D eigenvalue weighted by Crippen LogP contribution is 2.49. The van der Waals surface area contributed by atoms with E-state index in [1.807, 2.05) is 60.5 Å². The van der Waals surface area contributed by atoms with Crippen LogP contribution in [0.1, 0.15) is 91.1 Å². The number of nitrogens with one attached hydrogen (secondary N) is 1. The van der Waals surface area contributed by atoms with E-state index in [2.05, 4.69) is 5.32 Å². The first-order chi connectivity index (χ1) is 32.1. The average Bonchev–Trinajstić information content (AvgIpc) is 3.56. The summed E-state index contributed by atoms with van der Waals surface area (Å²) in [4.78, 5) is 63.1. The van der Waals surface area contributed by atoms with Crippen LogP contribution in [0.3, 0.4) is 0 Å². The summed E-state index contributed by atoms with van der Waals surface area (Å²) in [7, 11) is 5.36. The summed E-state index contributed by atoms with van der Waals surface area (Å²) in [5, 5.41) is 26.2. The number of anilines is 1. The lowest BCUT2D eigenvalue weighted by molar-refractivity contribution is -0.157. The van der Waals surface area contributed by atoms with Crippen molar-refractivity contribution in [2.24, 2.45) is 29.6 Å². The molecule has 1 amide bonds. The van der Waals surface area contributed by atoms with E-state index in [-0.39, 0.29) is 84.8 Å². The Bertz CT molecular complexity index is 2720. The van der Waals surface area contributed by atoms with E-state index in [0.717, 1.165) is 12.8 Å². The number of ether oxygens (including phenoxy) is 6. The third kappa shape index (κ3) is 10.2. The van der Waals surface area contributed by atoms with Gasteiger partial charge in [-0.3, -0.25) is 19.2 Å². The average molecular weight is 942 g/mol. The predicted molar refractivity (Wildman–Crippen MR) is 259 cm³/mol. The van der Waals surface area contributed by atoms with Gasteiger partial charge in [-0.15, -0.1) is 0 Å². The number of esters is 1. The highest BCUT2D eigenvalue weighted by molar-refractivity contribution is 6.26. The standard InChI is InChI=1S/C52H67N3O13/c1-14-15-21-64-36-24-34(63-23-20-55(11)12)25-37-41(36)53-42-38-39-45(58)32(8)48-40(38)50(60)52(10,68-48)65-22-19-35(62-13)31(7)47(66-33(9)56)30(6)28(4)29(5)44(57)26(2)17-16-18-27(3)51(61)54-43(46(39)59)49(42)67-37/h16-19,22,24-26,28-31,35,44,47,57,59H,14-15,20-21,23H2,1-13H3,(H,54,61)/b17-16+,22-19+,27-18-/t26-,28+,29-,30+,31+,35-,44-,47-,52-/m0/s1. The van der Waals surface area contributed by atoms with Crippen LogP contribution in [0.4, 0.5) is 5.69 Å². The molecule has 0 aliphatic carbocycles. The van der Waals surface area contributed by atoms with Gasteiger partial charge in [0.1, 0.15) is 40.9 Å². The number of fused-ring (bicyclic) bond motifs is 2. The largest absolute Gasteiger partial charge is 0.505 e. The van der Waals surface area contributed by atoms with E-state index >= 15 is 0 Å². The van der Waals surface area contributed by atoms with Crippen molar-refractivity contribution >= 4 is 56.3 Å². The highest BCUT2D eigenvalue weighted by Gasteiger charge is 2.49. The Morgan fingerprint density at radius 1 is 0.956 bits per heavy atom. The van der Waals surface area contributed by atoms with Crippen LogP contribution in [0.25, 0.3) is 33.0 Å². The van der Waals surface area contributed by atoms with Gasteiger partial charge in [-0.05, 0) is 58.2 Å². The summed E-state index contributed by atoms with van der Waals surface area (Å²) >= 11 is 0. The fourth-order valence-electron chi connectivity index (χ4n) is 8.93. The molecule has 1 aromatic heterocycles. The lowest BCUT2D eigenvalue weighted by Crippen LogP contribution is -2.43. The number of aromatic hydroxyl groups is 1. The number of likely N-dealkylation sites (N-methyl/N-ethyl adjacent to an activating group) is 1. The molecular weight excluding hydrogens is 875 g/mol. The number of Topliss-reactive ketones (excluding diaryl/α,β-unsaturated/α-hetero) is 1. The van der Waals surface area contributed by atoms with Crippen molar-refractivity contribution in [3.63, 3.8) is 0 Å². The van der Waals surface area contributed by atoms with E-state index in [1.54, 1.807) is 43.4 Å². The van der Waals surface area contributed by atoms with E-state index in [4.69, 9.17) is 37.8 Å². The molecule has 3 N–H and O–H groups in total. The Labute approximate surface area is 397 Å². The van der Waals surface area contributed by atoms with Crippen molar-refractivity contribution in [2.75, 3.05) is 46.3 Å². The van der Waals surface area contributed by atoms with Gasteiger partial charge in [0.15, 0.2) is 28.1 Å². The van der Waals surface area contributed by atoms with Gasteiger partial charge in [0.05, 0.1) is 36.0 Å². The minimum Gasteiger partial charge on any atom is -0.505 e. The first-order valence-corrected chi connectivity index (χ1v) is 23.3. The predicted octanol–water partition coefficient (Wildman–Crippen LogP) is 8.39. The number of aliphatic hydroxyl groups excluding tert-OH is 1. The van der Waals surface area contributed by atoms with Crippen LogP contribution in [0.15, 0.2) is 57.5 Å². The summed E-state index contributed by atoms with van der Waals surface area (Å²) in [6, 6.07) is 3.32. The smallest absolute Gasteiger partial charge is 0.312 e. The minimum atomic E-state index is -2.04. The molecule has 0 radical (unpaired) electrons. The van der Waals surface area contributed by atoms with Gasteiger partial charge < -0.3 is 53.3 Å². The number of allylic oxidation sites excluding steroid dienone is 2. The maximum Gasteiger partial charge on any atom is 0.312 e. The third-order valence-corrected chi connectivity index (χ3v) is 13.5. The van der Waals surface area contributed by atoms with Crippen LogP contribution in [0, 0.1) is 36.5 Å². The van der Waals surface area contributed by atoms with Crippen LogP contribution in [-0.2, 0) is 23.8 Å². The number of hydrogen-bond donors (Lipinski definition) is 3. The second-order valence-corrected chi connectivity index (χ2v) is 18.7. The molecule has 3 heterocycles. The Morgan fingerprint density at radius 3 is 2.34 bits per heavy atom. The number of aliphatic hydroxyl groups is 1. The molecule has 0 spiro atoms. The number of benzene rings is 3. The van der Waals surface area contributed by atoms with Gasteiger partial charge in [0.2, 0.25) is 0 Å². The zero-order valence-electron chi connectivity index (χ0n) is 41.5. The molecule has 0 unspecified atom stereocenters. The Kier molecular flexibility index (Phi) is 16.0. The van der Waals surface area contributed by atoms with Gasteiger partial charge in [-0.1, -0.05) is 66.2 Å². The molecule has 0 fully saturated rings. The number of ketones is 1. The maximum absolute atomic E-state index is 14.9. The number of amides is 1. The number of hydrogen-bond acceptors (Lipinski definition) is 15. The number of nitrogens with zero attached hydrogens (tertiary/aromatic N) is 2. The molecule has 16 nitrogen and oxygen atoms in total. The molecule has 9 atom stereocenters. The SMILES string of the molecule is CCCCOc1cc(OCCN(C)C)cc2oc3c4c(O)c5c(=O)c(C)c6c(c5c3nc12)C(=O)[C@@](C)(O/C=C/[C@H](OC)[C@@H](C)[C@@H](OC(C)=O)[C@H](C)[C@H](C)[C@H](C)[C@@H](O)[C@@H](C)/C=C/C=C(/C)C(=O)N4)O6. The number of carbonyl (C=O) groups excluding carboxylic acids is 3. The van der Waals surface area contributed by atoms with Crippen molar-refractivity contribution in [1.29, 1.82) is 0 Å². The molecule has 0 saturated heterocycles. The first-order valence-electron chi connectivity index (χ1n) is 23.3. The summed E-state index contributed by atoms with van der Waals surface area (Å²) in [6.07, 6.45) is 7.29. The highest BCUT2D eigenvalue weighted by atomic mass is 16.7. The quantitative estimate of drug-likeness (QED) is 0.0449. The fourth-order valence-corrected chi connectivity index (χ4v) is 8.93. The minimum absolute atomic E-state index is 0.00194. The summed E-state index contributed by atoms with van der Waals surface area (Å²) in [5.74, 6) is -5.37. The van der Waals surface area contributed by atoms with E-state index in [9.17, 15) is 29.4 Å². The summed E-state index contributed by atoms with van der Waals surface area (Å²) in [5.41, 5.74) is -0.653. The number of phenolic OH excluding ortho intramolecular Hbond substituents is 1. The normalized spacial score (nSPS) is 27.7. The second-order valence-electron chi connectivity index (χ2n) is 18.7. The number of methoxy groups -OCH3 is 1. The van der Waals surface area contributed by atoms with Crippen molar-refractivity contribution in [2.45, 2.75) is 106 Å². The van der Waals surface area contributed by atoms with Gasteiger partial charge in [-0.2, -0.15) is 0 Å². The third-order valence-electron chi connectivity index (χ3n) is 13.5. The zero-order valence-corrected chi connectivity index (χ0v) is 41.5. The van der Waals surface area contributed by atoms with Crippen molar-refractivity contribution in [3.8, 4) is 23.0 Å². The van der Waals surface area contributed by atoms with Gasteiger partial charge in [0.25, 0.3) is 11.7 Å². The monoisotopic (exact) mass is 941 g/mol. The number of rotatable bonds is 10. The molecule has 6 rings (SSSR count). The topological polar surface area (TPSA) is 205 Å². The van der Waals surface area contributed by atoms with Crippen molar-refractivity contribution in [1.82, 2.24) is 9.88 Å². The molecule has 4 bridgehead atoms. The number of unbranched alkanes of at least 4 members (excludes halogenated alkanes) is 1. The lowest BCUT2D eigenvalue weighted by atomic mass is 9.73. The molecule has 368 valence electrons. The molecule has 3 aromatic carbocycles. The van der Waals surface area contributed by atoms with Crippen LogP contribution < -0.4 is 25.0 Å². The van der Waals surface area contributed by atoms with Crippen LogP contribution >= 0.6 is 0 Å². The van der Waals surface area contributed by atoms with Gasteiger partial charge in [-0.25, -0.2) is 4.98 Å². The Balaban J connectivity index is 1.63.